The second-order valence-corrected chi connectivity index (χ2v) is 5.67. The molecule has 0 aromatic heterocycles. The summed E-state index contributed by atoms with van der Waals surface area (Å²) >= 11 is 2.27. The second kappa shape index (κ2) is 5.99. The van der Waals surface area contributed by atoms with Crippen LogP contribution in [0, 0.1) is 10.5 Å². The molecule has 1 aromatic carbocycles. The number of halogens is 1. The first-order valence-corrected chi connectivity index (χ1v) is 7.01. The first-order valence-electron chi connectivity index (χ1n) is 5.93. The number of hydrogen-bond donors (Lipinski definition) is 2. The lowest BCUT2D eigenvalue weighted by Crippen LogP contribution is -2.35. The van der Waals surface area contributed by atoms with Crippen molar-refractivity contribution in [2.45, 2.75) is 25.5 Å². The Kier molecular flexibility index (Phi) is 4.58. The summed E-state index contributed by atoms with van der Waals surface area (Å²) in [5, 5.41) is 6.10. The number of amides is 1. The number of carbonyl (C=O) groups excluding carboxylic acids is 1. The van der Waals surface area contributed by atoms with Gasteiger partial charge in [0.2, 0.25) is 5.91 Å². The SMILES string of the molecule is COC1CNC(C(=O)Nc2ccc(C)c(I)c2)C1. The Morgan fingerprint density at radius 3 is 2.94 bits per heavy atom. The highest BCUT2D eigenvalue weighted by Crippen LogP contribution is 2.18. The Hall–Kier alpha value is -0.660. The number of aryl methyl sites for hydroxylation is 1. The summed E-state index contributed by atoms with van der Waals surface area (Å²) in [6.07, 6.45) is 0.865. The lowest BCUT2D eigenvalue weighted by atomic mass is 10.1. The molecule has 2 N–H and O–H groups in total. The van der Waals surface area contributed by atoms with Crippen molar-refractivity contribution in [2.24, 2.45) is 0 Å². The Bertz CT molecular complexity index is 451. The Morgan fingerprint density at radius 2 is 2.33 bits per heavy atom. The molecular formula is C13H17IN2O2. The molecule has 0 aliphatic carbocycles. The zero-order valence-corrected chi connectivity index (χ0v) is 12.7. The van der Waals surface area contributed by atoms with Crippen LogP contribution in [0.2, 0.25) is 0 Å². The van der Waals surface area contributed by atoms with Crippen LogP contribution in [0.5, 0.6) is 0 Å². The van der Waals surface area contributed by atoms with Crippen molar-refractivity contribution in [3.05, 3.63) is 27.3 Å². The van der Waals surface area contributed by atoms with Crippen LogP contribution in [0.3, 0.4) is 0 Å². The fourth-order valence-electron chi connectivity index (χ4n) is 1.98. The summed E-state index contributed by atoms with van der Waals surface area (Å²) in [5.41, 5.74) is 2.06. The van der Waals surface area contributed by atoms with E-state index in [1.807, 2.05) is 18.2 Å². The second-order valence-electron chi connectivity index (χ2n) is 4.51. The molecule has 5 heteroatoms. The minimum Gasteiger partial charge on any atom is -0.380 e. The molecule has 1 heterocycles. The van der Waals surface area contributed by atoms with Crippen LogP contribution in [-0.4, -0.2) is 31.7 Å². The van der Waals surface area contributed by atoms with Crippen LogP contribution in [0.25, 0.3) is 0 Å². The van der Waals surface area contributed by atoms with Gasteiger partial charge in [-0.3, -0.25) is 4.79 Å². The quantitative estimate of drug-likeness (QED) is 0.810. The van der Waals surface area contributed by atoms with Gasteiger partial charge in [-0.25, -0.2) is 0 Å². The molecule has 1 saturated heterocycles. The molecule has 0 radical (unpaired) electrons. The molecule has 2 unspecified atom stereocenters. The monoisotopic (exact) mass is 360 g/mol. The van der Waals surface area contributed by atoms with E-state index in [2.05, 4.69) is 40.1 Å². The van der Waals surface area contributed by atoms with Gasteiger partial charge in [-0.1, -0.05) is 6.07 Å². The van der Waals surface area contributed by atoms with Crippen molar-refractivity contribution in [2.75, 3.05) is 19.0 Å². The predicted molar refractivity (Wildman–Crippen MR) is 79.7 cm³/mol. The first kappa shape index (κ1) is 13.8. The van der Waals surface area contributed by atoms with Crippen LogP contribution in [0.1, 0.15) is 12.0 Å². The maximum Gasteiger partial charge on any atom is 0.241 e. The van der Waals surface area contributed by atoms with Gasteiger partial charge in [0.1, 0.15) is 0 Å². The van der Waals surface area contributed by atoms with E-state index in [0.717, 1.165) is 22.2 Å². The topological polar surface area (TPSA) is 50.4 Å². The number of methoxy groups -OCH3 is 1. The Balaban J connectivity index is 1.97. The summed E-state index contributed by atoms with van der Waals surface area (Å²) in [6, 6.07) is 5.76. The molecule has 1 fully saturated rings. The summed E-state index contributed by atoms with van der Waals surface area (Å²) in [6.45, 7) is 2.79. The predicted octanol–water partition coefficient (Wildman–Crippen LogP) is 1.92. The molecule has 18 heavy (non-hydrogen) atoms. The van der Waals surface area contributed by atoms with E-state index in [4.69, 9.17) is 4.74 Å². The zero-order valence-electron chi connectivity index (χ0n) is 10.5. The molecule has 2 atom stereocenters. The number of ether oxygens (including phenoxy) is 1. The Morgan fingerprint density at radius 1 is 1.56 bits per heavy atom. The van der Waals surface area contributed by atoms with Gasteiger partial charge < -0.3 is 15.4 Å². The van der Waals surface area contributed by atoms with Crippen LogP contribution in [-0.2, 0) is 9.53 Å². The van der Waals surface area contributed by atoms with Crippen molar-refractivity contribution >= 4 is 34.2 Å². The maximum absolute atomic E-state index is 12.0. The number of nitrogens with one attached hydrogen (secondary N) is 2. The van der Waals surface area contributed by atoms with Crippen molar-refractivity contribution < 1.29 is 9.53 Å². The van der Waals surface area contributed by atoms with Crippen LogP contribution >= 0.6 is 22.6 Å². The number of anilines is 1. The third-order valence-corrected chi connectivity index (χ3v) is 4.34. The van der Waals surface area contributed by atoms with Crippen molar-refractivity contribution in [3.63, 3.8) is 0 Å². The molecule has 4 nitrogen and oxygen atoms in total. The van der Waals surface area contributed by atoms with E-state index < -0.39 is 0 Å². The zero-order chi connectivity index (χ0) is 13.1. The van der Waals surface area contributed by atoms with E-state index in [0.29, 0.717) is 0 Å². The van der Waals surface area contributed by atoms with E-state index in [-0.39, 0.29) is 18.1 Å². The van der Waals surface area contributed by atoms with Crippen LogP contribution in [0.4, 0.5) is 5.69 Å². The number of carbonyl (C=O) groups is 1. The molecule has 0 spiro atoms. The van der Waals surface area contributed by atoms with Gasteiger partial charge in [0.15, 0.2) is 0 Å². The van der Waals surface area contributed by atoms with Crippen LogP contribution < -0.4 is 10.6 Å². The molecule has 0 saturated carbocycles. The van der Waals surface area contributed by atoms with E-state index >= 15 is 0 Å². The first-order chi connectivity index (χ1) is 8.60. The van der Waals surface area contributed by atoms with Crippen molar-refractivity contribution in [1.29, 1.82) is 0 Å². The molecule has 1 aliphatic heterocycles. The summed E-state index contributed by atoms with van der Waals surface area (Å²) in [7, 11) is 1.68. The van der Waals surface area contributed by atoms with Gasteiger partial charge in [0.05, 0.1) is 12.1 Å². The molecule has 1 aliphatic rings. The van der Waals surface area contributed by atoms with Crippen molar-refractivity contribution in [1.82, 2.24) is 5.32 Å². The van der Waals surface area contributed by atoms with Crippen LogP contribution in [0.15, 0.2) is 18.2 Å². The lowest BCUT2D eigenvalue weighted by molar-refractivity contribution is -0.118. The molecule has 98 valence electrons. The number of hydrogen-bond acceptors (Lipinski definition) is 3. The largest absolute Gasteiger partial charge is 0.380 e. The highest BCUT2D eigenvalue weighted by Gasteiger charge is 2.29. The minimum atomic E-state index is -0.158. The average molecular weight is 360 g/mol. The third kappa shape index (κ3) is 3.21. The molecule has 1 amide bonds. The fourth-order valence-corrected chi connectivity index (χ4v) is 2.50. The summed E-state index contributed by atoms with van der Waals surface area (Å²) in [4.78, 5) is 12.0. The van der Waals surface area contributed by atoms with E-state index in [9.17, 15) is 4.79 Å². The lowest BCUT2D eigenvalue weighted by Gasteiger charge is -2.12. The average Bonchev–Trinajstić information content (AvgIpc) is 2.82. The fraction of sp³-hybridized carbons (Fsp3) is 0.462. The Labute approximate surface area is 121 Å². The third-order valence-electron chi connectivity index (χ3n) is 3.18. The summed E-state index contributed by atoms with van der Waals surface area (Å²) in [5.74, 6) is 0.00852. The number of benzene rings is 1. The maximum atomic E-state index is 12.0. The van der Waals surface area contributed by atoms with Gasteiger partial charge >= 0.3 is 0 Å². The normalized spacial score (nSPS) is 23.1. The van der Waals surface area contributed by atoms with Gasteiger partial charge in [0, 0.05) is 22.9 Å². The standard InChI is InChI=1S/C13H17IN2O2/c1-8-3-4-9(5-11(8)14)16-13(17)12-6-10(18-2)7-15-12/h3-5,10,12,15H,6-7H2,1-2H3,(H,16,17). The van der Waals surface area contributed by atoms with Gasteiger partial charge in [-0.2, -0.15) is 0 Å². The van der Waals surface area contributed by atoms with Crippen molar-refractivity contribution in [3.8, 4) is 0 Å². The number of rotatable bonds is 3. The van der Waals surface area contributed by atoms with E-state index in [1.54, 1.807) is 7.11 Å². The minimum absolute atomic E-state index is 0.00852. The van der Waals surface area contributed by atoms with Gasteiger partial charge in [-0.05, 0) is 53.6 Å². The smallest absolute Gasteiger partial charge is 0.241 e. The molecule has 0 bridgehead atoms. The highest BCUT2D eigenvalue weighted by molar-refractivity contribution is 14.1. The highest BCUT2D eigenvalue weighted by atomic mass is 127. The summed E-state index contributed by atoms with van der Waals surface area (Å²) < 4.78 is 6.39. The van der Waals surface area contributed by atoms with Gasteiger partial charge in [-0.15, -0.1) is 0 Å². The van der Waals surface area contributed by atoms with Gasteiger partial charge in [0.25, 0.3) is 0 Å². The molecule has 2 rings (SSSR count). The van der Waals surface area contributed by atoms with E-state index in [1.165, 1.54) is 5.56 Å². The molecule has 1 aromatic rings. The molecular weight excluding hydrogens is 343 g/mol.